The number of rotatable bonds is 3. The van der Waals surface area contributed by atoms with E-state index < -0.39 is 15.7 Å². The number of hydrogen-bond acceptors (Lipinski definition) is 3. The molecule has 1 N–H and O–H groups in total. The topological polar surface area (TPSA) is 50.4 Å². The lowest BCUT2D eigenvalue weighted by Gasteiger charge is -2.17. The fourth-order valence-electron chi connectivity index (χ4n) is 0.829. The molecule has 0 aliphatic carbocycles. The average molecular weight is 258 g/mol. The number of carbonyl (C=O) groups is 1. The summed E-state index contributed by atoms with van der Waals surface area (Å²) >= 11 is 16.2. The van der Waals surface area contributed by atoms with Gasteiger partial charge >= 0.3 is 0 Å². The Morgan fingerprint density at radius 1 is 1.57 bits per heavy atom. The molecule has 0 aliphatic heterocycles. The third-order valence-electron chi connectivity index (χ3n) is 1.55. The molecule has 1 rings (SSSR count). The smallest absolute Gasteiger partial charge is 0.216 e. The van der Waals surface area contributed by atoms with Gasteiger partial charge < -0.3 is 9.52 Å². The van der Waals surface area contributed by atoms with Gasteiger partial charge in [-0.2, -0.15) is 0 Å². The van der Waals surface area contributed by atoms with E-state index in [2.05, 4.69) is 0 Å². The van der Waals surface area contributed by atoms with Crippen molar-refractivity contribution in [1.29, 1.82) is 0 Å². The number of hydrogen-bond donors (Lipinski definition) is 1. The number of alkyl halides is 3. The van der Waals surface area contributed by atoms with Gasteiger partial charge in [-0.1, -0.05) is 34.8 Å². The van der Waals surface area contributed by atoms with Crippen molar-refractivity contribution in [1.82, 2.24) is 0 Å². The average Bonchev–Trinajstić information content (AvgIpc) is 2.53. The summed E-state index contributed by atoms with van der Waals surface area (Å²) in [6.45, 7) is 0. The van der Waals surface area contributed by atoms with E-state index in [1.165, 1.54) is 12.3 Å². The van der Waals surface area contributed by atoms with Crippen LogP contribution in [0.25, 0.3) is 0 Å². The van der Waals surface area contributed by atoms with Crippen LogP contribution in [0.4, 0.5) is 0 Å². The number of furan rings is 1. The van der Waals surface area contributed by atoms with Crippen LogP contribution in [0.15, 0.2) is 22.8 Å². The van der Waals surface area contributed by atoms with E-state index in [0.29, 0.717) is 0 Å². The van der Waals surface area contributed by atoms with Crippen molar-refractivity contribution in [2.24, 2.45) is 0 Å². The monoisotopic (exact) mass is 256 g/mol. The first-order valence-corrected chi connectivity index (χ1v) is 4.86. The summed E-state index contributed by atoms with van der Waals surface area (Å²) in [4.78, 5) is 11.3. The molecule has 0 radical (unpaired) electrons. The Morgan fingerprint density at radius 2 is 2.21 bits per heavy atom. The molecule has 14 heavy (non-hydrogen) atoms. The zero-order valence-corrected chi connectivity index (χ0v) is 9.18. The van der Waals surface area contributed by atoms with Gasteiger partial charge in [0.25, 0.3) is 0 Å². The van der Waals surface area contributed by atoms with Crippen molar-refractivity contribution in [2.75, 3.05) is 0 Å². The molecule has 1 atom stereocenters. The molecule has 0 bridgehead atoms. The van der Waals surface area contributed by atoms with E-state index >= 15 is 0 Å². The van der Waals surface area contributed by atoms with E-state index in [9.17, 15) is 9.90 Å². The van der Waals surface area contributed by atoms with Crippen LogP contribution in [0.1, 0.15) is 17.0 Å². The van der Waals surface area contributed by atoms with Crippen LogP contribution in [-0.2, 0) is 0 Å². The van der Waals surface area contributed by atoms with Gasteiger partial charge in [-0.25, -0.2) is 0 Å². The summed E-state index contributed by atoms with van der Waals surface area (Å²) in [6, 6.07) is 3.04. The van der Waals surface area contributed by atoms with E-state index in [1.54, 1.807) is 6.07 Å². The number of carbonyl (C=O) groups excluding carboxylic acids is 1. The van der Waals surface area contributed by atoms with E-state index in [-0.39, 0.29) is 12.2 Å². The zero-order valence-electron chi connectivity index (χ0n) is 6.91. The van der Waals surface area contributed by atoms with Crippen LogP contribution in [-0.4, -0.2) is 20.8 Å². The fraction of sp³-hybridized carbons (Fsp3) is 0.375. The van der Waals surface area contributed by atoms with Gasteiger partial charge in [0.15, 0.2) is 5.76 Å². The summed E-state index contributed by atoms with van der Waals surface area (Å²) in [6.07, 6.45) is -0.274. The highest BCUT2D eigenvalue weighted by molar-refractivity contribution is 6.68. The van der Waals surface area contributed by atoms with Crippen molar-refractivity contribution in [3.63, 3.8) is 0 Å². The molecule has 0 unspecified atom stereocenters. The summed E-state index contributed by atoms with van der Waals surface area (Å²) in [7, 11) is 0. The predicted molar refractivity (Wildman–Crippen MR) is 54.0 cm³/mol. The molecule has 1 aromatic rings. The van der Waals surface area contributed by atoms with Crippen LogP contribution in [0, 0.1) is 0 Å². The van der Waals surface area contributed by atoms with Crippen molar-refractivity contribution in [3.8, 4) is 0 Å². The number of aliphatic hydroxyl groups excluding tert-OH is 1. The minimum Gasteiger partial charge on any atom is -0.461 e. The van der Waals surface area contributed by atoms with Gasteiger partial charge in [0.1, 0.15) is 6.10 Å². The van der Waals surface area contributed by atoms with Gasteiger partial charge in [0.05, 0.1) is 6.26 Å². The predicted octanol–water partition coefficient (Wildman–Crippen LogP) is 2.58. The third kappa shape index (κ3) is 3.17. The van der Waals surface area contributed by atoms with Gasteiger partial charge in [-0.05, 0) is 12.1 Å². The molecule has 0 aromatic carbocycles. The molecule has 3 nitrogen and oxygen atoms in total. The molecule has 0 fully saturated rings. The normalized spacial score (nSPS) is 14.0. The molecule has 6 heteroatoms. The minimum atomic E-state index is -1.86. The Bertz CT molecular complexity index is 302. The second kappa shape index (κ2) is 4.53. The SMILES string of the molecule is O=C(C[C@@H](O)C(Cl)(Cl)Cl)c1ccco1. The first-order valence-electron chi connectivity index (χ1n) is 3.72. The highest BCUT2D eigenvalue weighted by Crippen LogP contribution is 2.32. The summed E-state index contributed by atoms with van der Waals surface area (Å²) in [5.74, 6) is -0.271. The van der Waals surface area contributed by atoms with Crippen molar-refractivity contribution in [2.45, 2.75) is 16.3 Å². The van der Waals surface area contributed by atoms with Crippen LogP contribution in [0.3, 0.4) is 0 Å². The van der Waals surface area contributed by atoms with Crippen molar-refractivity contribution < 1.29 is 14.3 Å². The van der Waals surface area contributed by atoms with E-state index in [1.807, 2.05) is 0 Å². The molecule has 78 valence electrons. The molecule has 0 saturated heterocycles. The first kappa shape index (κ1) is 11.9. The van der Waals surface area contributed by atoms with Crippen molar-refractivity contribution in [3.05, 3.63) is 24.2 Å². The van der Waals surface area contributed by atoms with Crippen LogP contribution in [0.2, 0.25) is 0 Å². The van der Waals surface area contributed by atoms with Gasteiger partial charge in [0.2, 0.25) is 9.58 Å². The Balaban J connectivity index is 2.58. The zero-order chi connectivity index (χ0) is 10.8. The van der Waals surface area contributed by atoms with Gasteiger partial charge in [-0.15, -0.1) is 0 Å². The lowest BCUT2D eigenvalue weighted by Crippen LogP contribution is -2.27. The van der Waals surface area contributed by atoms with Crippen LogP contribution in [0.5, 0.6) is 0 Å². The van der Waals surface area contributed by atoms with Crippen LogP contribution < -0.4 is 0 Å². The summed E-state index contributed by atoms with van der Waals surface area (Å²) in [5, 5.41) is 9.30. The third-order valence-corrected chi connectivity index (χ3v) is 2.31. The van der Waals surface area contributed by atoms with Crippen LogP contribution >= 0.6 is 34.8 Å². The van der Waals surface area contributed by atoms with Crippen molar-refractivity contribution >= 4 is 40.6 Å². The second-order valence-corrected chi connectivity index (χ2v) is 5.03. The highest BCUT2D eigenvalue weighted by Gasteiger charge is 2.33. The number of Topliss-reactive ketones (excluding diaryl/α,β-unsaturated/α-hetero) is 1. The number of halogens is 3. The molecule has 0 spiro atoms. The van der Waals surface area contributed by atoms with E-state index in [0.717, 1.165) is 0 Å². The minimum absolute atomic E-state index is 0.137. The van der Waals surface area contributed by atoms with Gasteiger partial charge in [0, 0.05) is 6.42 Å². The number of aliphatic hydroxyl groups is 1. The molecular formula is C8H7Cl3O3. The van der Waals surface area contributed by atoms with E-state index in [4.69, 9.17) is 39.2 Å². The molecule has 1 heterocycles. The Labute approximate surface area is 95.6 Å². The fourth-order valence-corrected chi connectivity index (χ4v) is 1.06. The summed E-state index contributed by atoms with van der Waals surface area (Å²) in [5.41, 5.74) is 0. The largest absolute Gasteiger partial charge is 0.461 e. The maximum Gasteiger partial charge on any atom is 0.216 e. The Hall–Kier alpha value is -0.220. The maximum atomic E-state index is 11.3. The maximum absolute atomic E-state index is 11.3. The molecule has 0 aliphatic rings. The molecule has 1 aromatic heterocycles. The Kier molecular flexibility index (Phi) is 3.84. The number of ketones is 1. The lowest BCUT2D eigenvalue weighted by molar-refractivity contribution is 0.0857. The van der Waals surface area contributed by atoms with Gasteiger partial charge in [-0.3, -0.25) is 4.79 Å². The Morgan fingerprint density at radius 3 is 2.64 bits per heavy atom. The lowest BCUT2D eigenvalue weighted by atomic mass is 10.1. The molecule has 0 amide bonds. The molecule has 0 saturated carbocycles. The standard InChI is InChI=1S/C8H7Cl3O3/c9-8(10,11)7(13)4-5(12)6-2-1-3-14-6/h1-3,7,13H,4H2/t7-/m1/s1. The highest BCUT2D eigenvalue weighted by atomic mass is 35.6. The second-order valence-electron chi connectivity index (χ2n) is 2.66. The quantitative estimate of drug-likeness (QED) is 0.669. The molecular weight excluding hydrogens is 250 g/mol. The first-order chi connectivity index (χ1) is 6.41. The summed E-state index contributed by atoms with van der Waals surface area (Å²) < 4.78 is 2.96.